The van der Waals surface area contributed by atoms with Crippen molar-refractivity contribution in [2.75, 3.05) is 10.6 Å². The molecule has 1 aliphatic heterocycles. The van der Waals surface area contributed by atoms with E-state index in [0.717, 1.165) is 0 Å². The predicted molar refractivity (Wildman–Crippen MR) is 105 cm³/mol. The summed E-state index contributed by atoms with van der Waals surface area (Å²) in [5.41, 5.74) is 1.21. The van der Waals surface area contributed by atoms with Crippen LogP contribution in [0.2, 0.25) is 0 Å². The van der Waals surface area contributed by atoms with E-state index in [9.17, 15) is 19.2 Å². The Kier molecular flexibility index (Phi) is 5.92. The Labute approximate surface area is 167 Å². The molecule has 3 rings (SSSR count). The Balaban J connectivity index is 1.57. The fourth-order valence-electron chi connectivity index (χ4n) is 2.81. The standard InChI is InChI=1S/C21H20N2O6/c1-12(24)14-7-3-4-8-15(14)22-20(26)13(2)28-19(25)11-18-21(27)23-16-9-5-6-10-17(16)29-18/h3-10,13,18H,11H2,1-2H3,(H,22,26)(H,23,27)/t13-,18+/m1/s1. The summed E-state index contributed by atoms with van der Waals surface area (Å²) in [6, 6.07) is 13.4. The summed E-state index contributed by atoms with van der Waals surface area (Å²) >= 11 is 0. The highest BCUT2D eigenvalue weighted by Crippen LogP contribution is 2.29. The zero-order valence-electron chi connectivity index (χ0n) is 15.9. The van der Waals surface area contributed by atoms with Crippen LogP contribution >= 0.6 is 0 Å². The average Bonchev–Trinajstić information content (AvgIpc) is 2.68. The van der Waals surface area contributed by atoms with Crippen LogP contribution in [-0.4, -0.2) is 35.8 Å². The van der Waals surface area contributed by atoms with E-state index in [2.05, 4.69) is 10.6 Å². The highest BCUT2D eigenvalue weighted by molar-refractivity contribution is 6.05. The lowest BCUT2D eigenvalue weighted by Crippen LogP contribution is -2.40. The van der Waals surface area contributed by atoms with Gasteiger partial charge in [-0.2, -0.15) is 0 Å². The fraction of sp³-hybridized carbons (Fsp3) is 0.238. The van der Waals surface area contributed by atoms with Crippen molar-refractivity contribution in [1.29, 1.82) is 0 Å². The molecule has 150 valence electrons. The van der Waals surface area contributed by atoms with Gasteiger partial charge in [0, 0.05) is 5.56 Å². The lowest BCUT2D eigenvalue weighted by Gasteiger charge is -2.25. The maximum Gasteiger partial charge on any atom is 0.310 e. The zero-order valence-corrected chi connectivity index (χ0v) is 15.9. The Morgan fingerprint density at radius 1 is 1.14 bits per heavy atom. The summed E-state index contributed by atoms with van der Waals surface area (Å²) in [5, 5.41) is 5.23. The molecule has 0 unspecified atom stereocenters. The van der Waals surface area contributed by atoms with Crippen LogP contribution in [0.1, 0.15) is 30.6 Å². The fourth-order valence-corrected chi connectivity index (χ4v) is 2.81. The van der Waals surface area contributed by atoms with E-state index in [1.165, 1.54) is 13.8 Å². The van der Waals surface area contributed by atoms with Gasteiger partial charge in [-0.1, -0.05) is 24.3 Å². The molecular weight excluding hydrogens is 376 g/mol. The molecule has 29 heavy (non-hydrogen) atoms. The van der Waals surface area contributed by atoms with E-state index >= 15 is 0 Å². The number of nitrogens with one attached hydrogen (secondary N) is 2. The minimum absolute atomic E-state index is 0.203. The van der Waals surface area contributed by atoms with Gasteiger partial charge in [-0.15, -0.1) is 0 Å². The predicted octanol–water partition coefficient (Wildman–Crippen LogP) is 2.55. The number of para-hydroxylation sites is 3. The number of anilines is 2. The molecule has 2 atom stereocenters. The van der Waals surface area contributed by atoms with Crippen molar-refractivity contribution in [3.05, 3.63) is 54.1 Å². The lowest BCUT2D eigenvalue weighted by atomic mass is 10.1. The van der Waals surface area contributed by atoms with E-state index in [4.69, 9.17) is 9.47 Å². The number of carbonyl (C=O) groups is 4. The van der Waals surface area contributed by atoms with E-state index in [-0.39, 0.29) is 12.2 Å². The molecule has 0 radical (unpaired) electrons. The molecule has 0 saturated heterocycles. The largest absolute Gasteiger partial charge is 0.478 e. The first kappa shape index (κ1) is 20.1. The number of hydrogen-bond acceptors (Lipinski definition) is 6. The zero-order chi connectivity index (χ0) is 21.0. The van der Waals surface area contributed by atoms with Gasteiger partial charge >= 0.3 is 5.97 Å². The lowest BCUT2D eigenvalue weighted by molar-refractivity contribution is -0.155. The number of amides is 2. The van der Waals surface area contributed by atoms with Crippen molar-refractivity contribution in [3.8, 4) is 5.75 Å². The number of esters is 1. The molecule has 0 aromatic heterocycles. The minimum Gasteiger partial charge on any atom is -0.478 e. The molecule has 1 aliphatic rings. The third-order valence-corrected chi connectivity index (χ3v) is 4.30. The Hall–Kier alpha value is -3.68. The number of benzene rings is 2. The SMILES string of the molecule is CC(=O)c1ccccc1NC(=O)[C@@H](C)OC(=O)C[C@@H]1Oc2ccccc2NC1=O. The van der Waals surface area contributed by atoms with Crippen molar-refractivity contribution in [2.24, 2.45) is 0 Å². The summed E-state index contributed by atoms with van der Waals surface area (Å²) in [4.78, 5) is 48.3. The van der Waals surface area contributed by atoms with Crippen molar-refractivity contribution >= 4 is 34.9 Å². The number of ketones is 1. The van der Waals surface area contributed by atoms with Crippen molar-refractivity contribution < 1.29 is 28.7 Å². The maximum atomic E-state index is 12.3. The molecule has 0 fully saturated rings. The number of carbonyl (C=O) groups excluding carboxylic acids is 4. The van der Waals surface area contributed by atoms with Crippen LogP contribution in [0.15, 0.2) is 48.5 Å². The van der Waals surface area contributed by atoms with E-state index in [1.54, 1.807) is 48.5 Å². The van der Waals surface area contributed by atoms with E-state index in [1.807, 2.05) is 0 Å². The molecule has 2 amide bonds. The number of rotatable bonds is 6. The summed E-state index contributed by atoms with van der Waals surface area (Å²) in [5.74, 6) is -1.56. The molecule has 1 heterocycles. The van der Waals surface area contributed by atoms with Crippen LogP contribution in [0, 0.1) is 0 Å². The molecule has 0 aliphatic carbocycles. The van der Waals surface area contributed by atoms with E-state index < -0.39 is 30.0 Å². The first-order valence-electron chi connectivity index (χ1n) is 9.02. The second kappa shape index (κ2) is 8.55. The van der Waals surface area contributed by atoms with Gasteiger partial charge in [-0.05, 0) is 38.1 Å². The second-order valence-corrected chi connectivity index (χ2v) is 6.52. The third kappa shape index (κ3) is 4.78. The van der Waals surface area contributed by atoms with Crippen molar-refractivity contribution in [2.45, 2.75) is 32.5 Å². The van der Waals surface area contributed by atoms with Crippen LogP contribution in [-0.2, 0) is 19.1 Å². The van der Waals surface area contributed by atoms with Crippen molar-refractivity contribution in [3.63, 3.8) is 0 Å². The monoisotopic (exact) mass is 396 g/mol. The molecular formula is C21H20N2O6. The van der Waals surface area contributed by atoms with Crippen LogP contribution in [0.3, 0.4) is 0 Å². The molecule has 8 heteroatoms. The van der Waals surface area contributed by atoms with Crippen LogP contribution in [0.25, 0.3) is 0 Å². The van der Waals surface area contributed by atoms with Crippen LogP contribution in [0.5, 0.6) is 5.75 Å². The third-order valence-electron chi connectivity index (χ3n) is 4.30. The van der Waals surface area contributed by atoms with Crippen LogP contribution < -0.4 is 15.4 Å². The van der Waals surface area contributed by atoms with Gasteiger partial charge in [-0.25, -0.2) is 0 Å². The number of hydrogen-bond donors (Lipinski definition) is 2. The van der Waals surface area contributed by atoms with Crippen LogP contribution in [0.4, 0.5) is 11.4 Å². The van der Waals surface area contributed by atoms with Gasteiger partial charge in [0.2, 0.25) is 0 Å². The van der Waals surface area contributed by atoms with E-state index in [0.29, 0.717) is 22.7 Å². The molecule has 2 aromatic rings. The first-order chi connectivity index (χ1) is 13.8. The molecule has 2 aromatic carbocycles. The smallest absolute Gasteiger partial charge is 0.310 e. The highest BCUT2D eigenvalue weighted by atomic mass is 16.6. The molecule has 0 spiro atoms. The summed E-state index contributed by atoms with van der Waals surface area (Å²) < 4.78 is 10.7. The summed E-state index contributed by atoms with van der Waals surface area (Å²) in [6.45, 7) is 2.79. The van der Waals surface area contributed by atoms with Gasteiger partial charge in [0.25, 0.3) is 11.8 Å². The normalized spacial score (nSPS) is 15.9. The number of Topliss-reactive ketones (excluding diaryl/α,β-unsaturated/α-hetero) is 1. The van der Waals surface area contributed by atoms with Gasteiger partial charge in [0.1, 0.15) is 5.75 Å². The molecule has 0 bridgehead atoms. The Morgan fingerprint density at radius 3 is 2.59 bits per heavy atom. The van der Waals surface area contributed by atoms with Gasteiger partial charge in [0.15, 0.2) is 18.0 Å². The van der Waals surface area contributed by atoms with Gasteiger partial charge in [0.05, 0.1) is 17.8 Å². The Bertz CT molecular complexity index is 971. The van der Waals surface area contributed by atoms with Gasteiger partial charge < -0.3 is 20.1 Å². The summed E-state index contributed by atoms with van der Waals surface area (Å²) in [7, 11) is 0. The second-order valence-electron chi connectivity index (χ2n) is 6.52. The molecule has 0 saturated carbocycles. The maximum absolute atomic E-state index is 12.3. The first-order valence-corrected chi connectivity index (χ1v) is 9.02. The summed E-state index contributed by atoms with van der Waals surface area (Å²) in [6.07, 6.45) is -2.52. The van der Waals surface area contributed by atoms with Crippen molar-refractivity contribution in [1.82, 2.24) is 0 Å². The Morgan fingerprint density at radius 2 is 1.83 bits per heavy atom. The molecule has 2 N–H and O–H groups in total. The molecule has 8 nitrogen and oxygen atoms in total. The number of ether oxygens (including phenoxy) is 2. The number of fused-ring (bicyclic) bond motifs is 1. The quantitative estimate of drug-likeness (QED) is 0.573. The topological polar surface area (TPSA) is 111 Å². The minimum atomic E-state index is -1.12. The average molecular weight is 396 g/mol. The highest BCUT2D eigenvalue weighted by Gasteiger charge is 2.31. The van der Waals surface area contributed by atoms with Gasteiger partial charge in [-0.3, -0.25) is 19.2 Å².